The van der Waals surface area contributed by atoms with Gasteiger partial charge in [-0.05, 0) is 25.3 Å². The highest BCUT2D eigenvalue weighted by molar-refractivity contribution is 5.38. The van der Waals surface area contributed by atoms with Crippen molar-refractivity contribution in [3.8, 4) is 5.75 Å². The van der Waals surface area contributed by atoms with E-state index < -0.39 is 0 Å². The molecule has 0 amide bonds. The molecule has 1 aromatic rings. The van der Waals surface area contributed by atoms with Crippen LogP contribution in [0.5, 0.6) is 5.75 Å². The van der Waals surface area contributed by atoms with Crippen LogP contribution in [0.15, 0.2) is 24.3 Å². The summed E-state index contributed by atoms with van der Waals surface area (Å²) in [7, 11) is 1.71. The SMILES string of the molecule is COc1ccccc1C(C)(N)CC1CCCC1. The lowest BCUT2D eigenvalue weighted by atomic mass is 9.82. The first-order valence-electron chi connectivity index (χ1n) is 6.56. The lowest BCUT2D eigenvalue weighted by molar-refractivity contribution is 0.330. The summed E-state index contributed by atoms with van der Waals surface area (Å²) >= 11 is 0. The Morgan fingerprint density at radius 2 is 1.94 bits per heavy atom. The molecule has 0 heterocycles. The molecule has 1 saturated carbocycles. The number of hydrogen-bond acceptors (Lipinski definition) is 2. The summed E-state index contributed by atoms with van der Waals surface area (Å²) < 4.78 is 5.42. The largest absolute Gasteiger partial charge is 0.496 e. The Balaban J connectivity index is 2.17. The first kappa shape index (κ1) is 12.4. The van der Waals surface area contributed by atoms with Crippen molar-refractivity contribution in [3.05, 3.63) is 29.8 Å². The van der Waals surface area contributed by atoms with Crippen LogP contribution < -0.4 is 10.5 Å². The molecule has 17 heavy (non-hydrogen) atoms. The van der Waals surface area contributed by atoms with Crippen LogP contribution in [0, 0.1) is 5.92 Å². The summed E-state index contributed by atoms with van der Waals surface area (Å²) in [5.41, 5.74) is 7.37. The van der Waals surface area contributed by atoms with Crippen molar-refractivity contribution in [1.29, 1.82) is 0 Å². The third-order valence-corrected chi connectivity index (χ3v) is 3.91. The van der Waals surface area contributed by atoms with Crippen LogP contribution >= 0.6 is 0 Å². The summed E-state index contributed by atoms with van der Waals surface area (Å²) in [6.07, 6.45) is 6.47. The van der Waals surface area contributed by atoms with E-state index >= 15 is 0 Å². The smallest absolute Gasteiger partial charge is 0.123 e. The Labute approximate surface area is 104 Å². The molecule has 2 N–H and O–H groups in total. The number of nitrogens with two attached hydrogens (primary N) is 1. The predicted octanol–water partition coefficient (Wildman–Crippen LogP) is 3.45. The van der Waals surface area contributed by atoms with Gasteiger partial charge in [0.05, 0.1) is 7.11 Å². The molecule has 0 aliphatic heterocycles. The Hall–Kier alpha value is -1.02. The highest BCUT2D eigenvalue weighted by atomic mass is 16.5. The zero-order valence-electron chi connectivity index (χ0n) is 10.9. The van der Waals surface area contributed by atoms with E-state index in [0.29, 0.717) is 0 Å². The maximum absolute atomic E-state index is 6.51. The highest BCUT2D eigenvalue weighted by Gasteiger charge is 2.29. The van der Waals surface area contributed by atoms with E-state index in [9.17, 15) is 0 Å². The van der Waals surface area contributed by atoms with Gasteiger partial charge in [-0.1, -0.05) is 43.9 Å². The number of para-hydroxylation sites is 1. The molecule has 2 nitrogen and oxygen atoms in total. The monoisotopic (exact) mass is 233 g/mol. The summed E-state index contributed by atoms with van der Waals surface area (Å²) in [6, 6.07) is 8.12. The average molecular weight is 233 g/mol. The van der Waals surface area contributed by atoms with Crippen molar-refractivity contribution in [2.75, 3.05) is 7.11 Å². The Bertz CT molecular complexity index is 367. The van der Waals surface area contributed by atoms with Crippen LogP contribution in [0.3, 0.4) is 0 Å². The van der Waals surface area contributed by atoms with E-state index in [1.165, 1.54) is 25.7 Å². The molecule has 0 aromatic heterocycles. The Kier molecular flexibility index (Phi) is 3.72. The second-order valence-electron chi connectivity index (χ2n) is 5.47. The third-order valence-electron chi connectivity index (χ3n) is 3.91. The molecule has 0 spiro atoms. The van der Waals surface area contributed by atoms with Gasteiger partial charge in [0.15, 0.2) is 0 Å². The van der Waals surface area contributed by atoms with Crippen LogP contribution in [0.2, 0.25) is 0 Å². The molecule has 1 aliphatic rings. The van der Waals surface area contributed by atoms with Crippen molar-refractivity contribution in [2.24, 2.45) is 11.7 Å². The molecule has 0 saturated heterocycles. The number of rotatable bonds is 4. The fraction of sp³-hybridized carbons (Fsp3) is 0.600. The molecule has 1 unspecified atom stereocenters. The van der Waals surface area contributed by atoms with E-state index in [0.717, 1.165) is 23.7 Å². The minimum absolute atomic E-state index is 0.276. The lowest BCUT2D eigenvalue weighted by Gasteiger charge is -2.29. The predicted molar refractivity (Wildman–Crippen MR) is 71.1 cm³/mol. The van der Waals surface area contributed by atoms with Gasteiger partial charge in [0.1, 0.15) is 5.75 Å². The first-order chi connectivity index (χ1) is 8.13. The fourth-order valence-electron chi connectivity index (χ4n) is 3.04. The molecule has 1 aromatic carbocycles. The van der Waals surface area contributed by atoms with E-state index in [-0.39, 0.29) is 5.54 Å². The summed E-state index contributed by atoms with van der Waals surface area (Å²) in [5.74, 6) is 1.70. The quantitative estimate of drug-likeness (QED) is 0.864. The number of hydrogen-bond donors (Lipinski definition) is 1. The van der Waals surface area contributed by atoms with Gasteiger partial charge in [0, 0.05) is 11.1 Å². The van der Waals surface area contributed by atoms with Gasteiger partial charge in [-0.15, -0.1) is 0 Å². The van der Waals surface area contributed by atoms with Gasteiger partial charge in [-0.2, -0.15) is 0 Å². The number of benzene rings is 1. The van der Waals surface area contributed by atoms with Gasteiger partial charge < -0.3 is 10.5 Å². The maximum Gasteiger partial charge on any atom is 0.123 e. The highest BCUT2D eigenvalue weighted by Crippen LogP contribution is 2.37. The minimum Gasteiger partial charge on any atom is -0.496 e. The van der Waals surface area contributed by atoms with Crippen molar-refractivity contribution in [1.82, 2.24) is 0 Å². The summed E-state index contributed by atoms with van der Waals surface area (Å²) in [4.78, 5) is 0. The van der Waals surface area contributed by atoms with Gasteiger partial charge >= 0.3 is 0 Å². The van der Waals surface area contributed by atoms with Crippen molar-refractivity contribution in [2.45, 2.75) is 44.6 Å². The lowest BCUT2D eigenvalue weighted by Crippen LogP contribution is -2.35. The second-order valence-corrected chi connectivity index (χ2v) is 5.47. The molecular formula is C15H23NO. The molecule has 1 atom stereocenters. The molecule has 1 fully saturated rings. The van der Waals surface area contributed by atoms with E-state index in [2.05, 4.69) is 13.0 Å². The standard InChI is InChI=1S/C15H23NO/c1-15(16,11-12-7-3-4-8-12)13-9-5-6-10-14(13)17-2/h5-6,9-10,12H,3-4,7-8,11,16H2,1-2H3. The van der Waals surface area contributed by atoms with Crippen molar-refractivity contribution >= 4 is 0 Å². The van der Waals surface area contributed by atoms with E-state index in [1.54, 1.807) is 7.11 Å². The van der Waals surface area contributed by atoms with E-state index in [4.69, 9.17) is 10.5 Å². The topological polar surface area (TPSA) is 35.2 Å². The van der Waals surface area contributed by atoms with Gasteiger partial charge in [-0.25, -0.2) is 0 Å². The molecule has 0 radical (unpaired) electrons. The zero-order valence-corrected chi connectivity index (χ0v) is 10.9. The van der Waals surface area contributed by atoms with Crippen LogP contribution in [-0.4, -0.2) is 7.11 Å². The van der Waals surface area contributed by atoms with Gasteiger partial charge in [0.2, 0.25) is 0 Å². The average Bonchev–Trinajstić information content (AvgIpc) is 2.81. The molecule has 2 rings (SSSR count). The van der Waals surface area contributed by atoms with Gasteiger partial charge in [0.25, 0.3) is 0 Å². The van der Waals surface area contributed by atoms with Crippen LogP contribution in [-0.2, 0) is 5.54 Å². The molecular weight excluding hydrogens is 210 g/mol. The van der Waals surface area contributed by atoms with Crippen LogP contribution in [0.1, 0.15) is 44.6 Å². The zero-order chi connectivity index (χ0) is 12.3. The van der Waals surface area contributed by atoms with Crippen molar-refractivity contribution in [3.63, 3.8) is 0 Å². The second kappa shape index (κ2) is 5.09. The Morgan fingerprint density at radius 3 is 2.59 bits per heavy atom. The number of methoxy groups -OCH3 is 1. The molecule has 0 bridgehead atoms. The summed E-state index contributed by atoms with van der Waals surface area (Å²) in [6.45, 7) is 2.13. The van der Waals surface area contributed by atoms with Crippen LogP contribution in [0.4, 0.5) is 0 Å². The van der Waals surface area contributed by atoms with E-state index in [1.807, 2.05) is 18.2 Å². The Morgan fingerprint density at radius 1 is 1.29 bits per heavy atom. The molecule has 2 heteroatoms. The third kappa shape index (κ3) is 2.81. The first-order valence-corrected chi connectivity index (χ1v) is 6.56. The van der Waals surface area contributed by atoms with Crippen molar-refractivity contribution < 1.29 is 4.74 Å². The maximum atomic E-state index is 6.51. The van der Waals surface area contributed by atoms with Gasteiger partial charge in [-0.3, -0.25) is 0 Å². The fourth-order valence-corrected chi connectivity index (χ4v) is 3.04. The minimum atomic E-state index is -0.276. The molecule has 1 aliphatic carbocycles. The number of ether oxygens (including phenoxy) is 1. The normalized spacial score (nSPS) is 20.2. The molecule has 94 valence electrons. The summed E-state index contributed by atoms with van der Waals surface area (Å²) in [5, 5.41) is 0. The van der Waals surface area contributed by atoms with Crippen LogP contribution in [0.25, 0.3) is 0 Å².